The summed E-state index contributed by atoms with van der Waals surface area (Å²) in [5.74, 6) is 2.19. The molecule has 2 N–H and O–H groups in total. The number of nitrogens with two attached hydrogens (primary N) is 1. The van der Waals surface area contributed by atoms with Crippen molar-refractivity contribution < 1.29 is 9.26 Å². The minimum absolute atomic E-state index is 0.107. The second-order valence-electron chi connectivity index (χ2n) is 6.17. The number of nitrogens with zero attached hydrogens (tertiary/aromatic N) is 3. The van der Waals surface area contributed by atoms with Gasteiger partial charge in [-0.25, -0.2) is 0 Å². The van der Waals surface area contributed by atoms with Gasteiger partial charge < -0.3 is 19.9 Å². The van der Waals surface area contributed by atoms with Crippen molar-refractivity contribution in [2.45, 2.75) is 38.0 Å². The largest absolute Gasteiger partial charge is 0.378 e. The molecule has 2 aliphatic rings. The maximum Gasteiger partial charge on any atom is 0.266 e. The number of hydrogen-bond acceptors (Lipinski definition) is 6. The average molecular weight is 280 g/mol. The molecule has 20 heavy (non-hydrogen) atoms. The smallest absolute Gasteiger partial charge is 0.266 e. The molecule has 0 aromatic carbocycles. The molecule has 6 heteroatoms. The molecule has 1 aliphatic carbocycles. The summed E-state index contributed by atoms with van der Waals surface area (Å²) in [7, 11) is 0. The molecule has 0 unspecified atom stereocenters. The number of rotatable bonds is 3. The zero-order valence-electron chi connectivity index (χ0n) is 12.2. The van der Waals surface area contributed by atoms with Gasteiger partial charge in [-0.1, -0.05) is 6.92 Å². The van der Waals surface area contributed by atoms with Crippen molar-refractivity contribution in [2.24, 2.45) is 11.7 Å². The van der Waals surface area contributed by atoms with Crippen LogP contribution in [0.15, 0.2) is 4.52 Å². The summed E-state index contributed by atoms with van der Waals surface area (Å²) in [4.78, 5) is 6.76. The van der Waals surface area contributed by atoms with Crippen LogP contribution in [0.1, 0.15) is 38.5 Å². The fourth-order valence-electron chi connectivity index (χ4n) is 3.14. The van der Waals surface area contributed by atoms with Crippen molar-refractivity contribution in [1.29, 1.82) is 0 Å². The minimum Gasteiger partial charge on any atom is -0.378 e. The van der Waals surface area contributed by atoms with E-state index in [4.69, 9.17) is 15.0 Å². The van der Waals surface area contributed by atoms with Gasteiger partial charge in [-0.15, -0.1) is 0 Å². The fourth-order valence-corrected chi connectivity index (χ4v) is 3.14. The number of morpholine rings is 1. The first-order valence-electron chi connectivity index (χ1n) is 7.60. The highest BCUT2D eigenvalue weighted by Crippen LogP contribution is 2.40. The first-order valence-corrected chi connectivity index (χ1v) is 7.60. The van der Waals surface area contributed by atoms with Crippen LogP contribution in [-0.2, 0) is 10.2 Å². The summed E-state index contributed by atoms with van der Waals surface area (Å²) in [6, 6.07) is 0. The zero-order chi connectivity index (χ0) is 14.0. The van der Waals surface area contributed by atoms with Gasteiger partial charge in [0.25, 0.3) is 5.95 Å². The van der Waals surface area contributed by atoms with Crippen LogP contribution in [0, 0.1) is 5.92 Å². The van der Waals surface area contributed by atoms with Crippen LogP contribution in [0.2, 0.25) is 0 Å². The van der Waals surface area contributed by atoms with E-state index < -0.39 is 0 Å². The number of aromatic nitrogens is 2. The topological polar surface area (TPSA) is 77.4 Å². The second-order valence-corrected chi connectivity index (χ2v) is 6.17. The van der Waals surface area contributed by atoms with Crippen molar-refractivity contribution in [3.8, 4) is 0 Å². The summed E-state index contributed by atoms with van der Waals surface area (Å²) >= 11 is 0. The lowest BCUT2D eigenvalue weighted by Gasteiger charge is -2.35. The molecule has 6 nitrogen and oxygen atoms in total. The van der Waals surface area contributed by atoms with E-state index in [1.807, 2.05) is 0 Å². The standard InChI is InChI=1S/C14H24N4O2/c1-11-2-4-14(10-15,5-3-11)12-16-13(17-20-12)18-6-8-19-9-7-18/h11H,2-10,15H2,1H3. The Kier molecular flexibility index (Phi) is 3.94. The highest BCUT2D eigenvalue weighted by atomic mass is 16.5. The highest BCUT2D eigenvalue weighted by Gasteiger charge is 2.40. The molecule has 0 radical (unpaired) electrons. The summed E-state index contributed by atoms with van der Waals surface area (Å²) in [6.07, 6.45) is 4.48. The zero-order valence-corrected chi connectivity index (χ0v) is 12.2. The molecule has 0 spiro atoms. The number of hydrogen-bond donors (Lipinski definition) is 1. The lowest BCUT2D eigenvalue weighted by Crippen LogP contribution is -2.39. The SMILES string of the molecule is CC1CCC(CN)(c2nc(N3CCOCC3)no2)CC1. The van der Waals surface area contributed by atoms with E-state index >= 15 is 0 Å². The first kappa shape index (κ1) is 13.8. The van der Waals surface area contributed by atoms with Gasteiger partial charge >= 0.3 is 0 Å². The summed E-state index contributed by atoms with van der Waals surface area (Å²) < 4.78 is 10.9. The maximum atomic E-state index is 6.04. The van der Waals surface area contributed by atoms with E-state index in [1.165, 1.54) is 12.8 Å². The Balaban J connectivity index is 1.77. The maximum absolute atomic E-state index is 6.04. The first-order chi connectivity index (χ1) is 9.73. The lowest BCUT2D eigenvalue weighted by atomic mass is 9.71. The van der Waals surface area contributed by atoms with Crippen LogP contribution in [0.5, 0.6) is 0 Å². The second kappa shape index (κ2) is 5.69. The molecular formula is C14H24N4O2. The third kappa shape index (κ3) is 2.54. The predicted molar refractivity (Wildman–Crippen MR) is 75.7 cm³/mol. The normalized spacial score (nSPS) is 31.5. The van der Waals surface area contributed by atoms with Crippen LogP contribution >= 0.6 is 0 Å². The van der Waals surface area contributed by atoms with Crippen LogP contribution in [0.3, 0.4) is 0 Å². The molecule has 3 rings (SSSR count). The Labute approximate surface area is 119 Å². The molecule has 1 aromatic rings. The molecule has 0 amide bonds. The quantitative estimate of drug-likeness (QED) is 0.899. The van der Waals surface area contributed by atoms with Crippen molar-refractivity contribution in [3.63, 3.8) is 0 Å². The third-order valence-electron chi connectivity index (χ3n) is 4.79. The highest BCUT2D eigenvalue weighted by molar-refractivity contribution is 5.29. The van der Waals surface area contributed by atoms with Gasteiger partial charge in [0.2, 0.25) is 5.89 Å². The van der Waals surface area contributed by atoms with Crippen LogP contribution in [0.4, 0.5) is 5.95 Å². The van der Waals surface area contributed by atoms with E-state index in [2.05, 4.69) is 22.0 Å². The molecule has 0 bridgehead atoms. The van der Waals surface area contributed by atoms with Crippen LogP contribution < -0.4 is 10.6 Å². The Morgan fingerprint density at radius 3 is 2.65 bits per heavy atom. The Bertz CT molecular complexity index is 434. The minimum atomic E-state index is -0.107. The molecule has 2 heterocycles. The van der Waals surface area contributed by atoms with Crippen molar-refractivity contribution in [1.82, 2.24) is 10.1 Å². The monoisotopic (exact) mass is 280 g/mol. The molecule has 1 aromatic heterocycles. The number of anilines is 1. The van der Waals surface area contributed by atoms with Gasteiger partial charge in [0.1, 0.15) is 0 Å². The Morgan fingerprint density at radius 1 is 1.30 bits per heavy atom. The van der Waals surface area contributed by atoms with Gasteiger partial charge in [0.15, 0.2) is 0 Å². The molecule has 112 valence electrons. The van der Waals surface area contributed by atoms with E-state index in [-0.39, 0.29) is 5.41 Å². The summed E-state index contributed by atoms with van der Waals surface area (Å²) in [6.45, 7) is 5.99. The van der Waals surface area contributed by atoms with Crippen molar-refractivity contribution >= 4 is 5.95 Å². The molecule has 2 fully saturated rings. The Morgan fingerprint density at radius 2 is 2.00 bits per heavy atom. The van der Waals surface area contributed by atoms with Gasteiger partial charge in [0, 0.05) is 19.6 Å². The van der Waals surface area contributed by atoms with Crippen molar-refractivity contribution in [2.75, 3.05) is 37.7 Å². The van der Waals surface area contributed by atoms with Gasteiger partial charge in [-0.3, -0.25) is 0 Å². The van der Waals surface area contributed by atoms with E-state index in [1.54, 1.807) is 0 Å². The van der Waals surface area contributed by atoms with Gasteiger partial charge in [-0.2, -0.15) is 4.98 Å². The average Bonchev–Trinajstić information content (AvgIpc) is 3.00. The van der Waals surface area contributed by atoms with Gasteiger partial charge in [0.05, 0.1) is 18.6 Å². The van der Waals surface area contributed by atoms with E-state index in [9.17, 15) is 0 Å². The van der Waals surface area contributed by atoms with Crippen molar-refractivity contribution in [3.05, 3.63) is 5.89 Å². The van der Waals surface area contributed by atoms with E-state index in [0.717, 1.165) is 51.0 Å². The Hall–Kier alpha value is -1.14. The molecule has 1 saturated carbocycles. The summed E-state index contributed by atoms with van der Waals surface area (Å²) in [5, 5.41) is 4.16. The molecule has 1 saturated heterocycles. The van der Waals surface area contributed by atoms with Gasteiger partial charge in [-0.05, 0) is 36.8 Å². The van der Waals surface area contributed by atoms with E-state index in [0.29, 0.717) is 12.5 Å². The van der Waals surface area contributed by atoms with Crippen LogP contribution in [-0.4, -0.2) is 43.0 Å². The lowest BCUT2D eigenvalue weighted by molar-refractivity contribution is 0.121. The summed E-state index contributed by atoms with van der Waals surface area (Å²) in [5.41, 5.74) is 5.93. The molecule has 0 atom stereocenters. The third-order valence-corrected chi connectivity index (χ3v) is 4.79. The number of ether oxygens (including phenoxy) is 1. The van der Waals surface area contributed by atoms with Crippen LogP contribution in [0.25, 0.3) is 0 Å². The molecule has 1 aliphatic heterocycles. The molecular weight excluding hydrogens is 256 g/mol. The fraction of sp³-hybridized carbons (Fsp3) is 0.857. The predicted octanol–water partition coefficient (Wildman–Crippen LogP) is 1.31.